The highest BCUT2D eigenvalue weighted by Crippen LogP contribution is 2.67. The Labute approximate surface area is 250 Å². The first kappa shape index (κ1) is 27.9. The van der Waals surface area contributed by atoms with E-state index in [1.165, 1.54) is 33.4 Å². The van der Waals surface area contributed by atoms with Gasteiger partial charge in [0.15, 0.2) is 9.75 Å². The van der Waals surface area contributed by atoms with Gasteiger partial charge in [-0.15, -0.1) is 23.2 Å². The van der Waals surface area contributed by atoms with Gasteiger partial charge in [0, 0.05) is 35.7 Å². The summed E-state index contributed by atoms with van der Waals surface area (Å²) in [5.74, 6) is -5.45. The lowest BCUT2D eigenvalue weighted by atomic mass is 9.56. The molecule has 1 saturated carbocycles. The molecule has 4 amide bonds. The highest BCUT2D eigenvalue weighted by atomic mass is 35.5. The van der Waals surface area contributed by atoms with Crippen LogP contribution in [0.1, 0.15) is 24.3 Å². The summed E-state index contributed by atoms with van der Waals surface area (Å²) in [5, 5.41) is 10.8. The van der Waals surface area contributed by atoms with Crippen LogP contribution in [0.15, 0.2) is 48.0 Å². The van der Waals surface area contributed by atoms with Crippen molar-refractivity contribution < 1.29 is 33.8 Å². The molecular formula is C29H25Cl3N2O7. The number of ether oxygens (including phenoxy) is 2. The molecule has 0 unspecified atom stereocenters. The van der Waals surface area contributed by atoms with Gasteiger partial charge in [0.2, 0.25) is 11.8 Å². The molecule has 0 aromatic heterocycles. The van der Waals surface area contributed by atoms with E-state index in [4.69, 9.17) is 44.3 Å². The number of fused-ring (bicyclic) bond motifs is 4. The molecule has 2 aliphatic heterocycles. The summed E-state index contributed by atoms with van der Waals surface area (Å²) in [4.78, 5) is 53.2. The first-order chi connectivity index (χ1) is 19.4. The Hall–Kier alpha value is -3.27. The molecule has 0 radical (unpaired) electrons. The number of methoxy groups -OCH3 is 2. The highest BCUT2D eigenvalue weighted by Gasteiger charge is 2.76. The van der Waals surface area contributed by atoms with Crippen LogP contribution < -0.4 is 14.4 Å². The second-order valence-electron chi connectivity index (χ2n) is 10.8. The van der Waals surface area contributed by atoms with Gasteiger partial charge in [0.1, 0.15) is 17.2 Å². The van der Waals surface area contributed by atoms with Crippen molar-refractivity contribution in [2.45, 2.75) is 28.5 Å². The topological polar surface area (TPSA) is 113 Å². The summed E-state index contributed by atoms with van der Waals surface area (Å²) in [7, 11) is 4.08. The molecule has 4 aliphatic rings. The van der Waals surface area contributed by atoms with Crippen molar-refractivity contribution in [3.8, 4) is 17.2 Å². The fraction of sp³-hybridized carbons (Fsp3) is 0.379. The van der Waals surface area contributed by atoms with Crippen LogP contribution in [0.3, 0.4) is 0 Å². The molecule has 2 heterocycles. The summed E-state index contributed by atoms with van der Waals surface area (Å²) in [6.45, 7) is 0. The minimum absolute atomic E-state index is 0.146. The highest BCUT2D eigenvalue weighted by molar-refractivity contribution is 6.53. The number of carbonyl (C=O) groups is 4. The number of amides is 4. The number of nitrogens with zero attached hydrogens (tertiary/aromatic N) is 2. The number of alkyl halides is 2. The van der Waals surface area contributed by atoms with Gasteiger partial charge >= 0.3 is 0 Å². The molecular weight excluding hydrogens is 595 g/mol. The van der Waals surface area contributed by atoms with E-state index in [0.717, 1.165) is 9.80 Å². The molecule has 2 aromatic rings. The van der Waals surface area contributed by atoms with Crippen LogP contribution in [-0.2, 0) is 19.2 Å². The van der Waals surface area contributed by atoms with Crippen molar-refractivity contribution in [3.63, 3.8) is 0 Å². The van der Waals surface area contributed by atoms with E-state index in [-0.39, 0.29) is 36.0 Å². The molecule has 2 saturated heterocycles. The van der Waals surface area contributed by atoms with Gasteiger partial charge in [-0.25, -0.2) is 0 Å². The lowest BCUT2D eigenvalue weighted by Gasteiger charge is -2.51. The van der Waals surface area contributed by atoms with Gasteiger partial charge < -0.3 is 14.6 Å². The van der Waals surface area contributed by atoms with Crippen molar-refractivity contribution in [1.29, 1.82) is 0 Å². The minimum Gasteiger partial charge on any atom is -0.508 e. The number of likely N-dealkylation sites (tertiary alicyclic amines) is 1. The zero-order valence-corrected chi connectivity index (χ0v) is 24.5. The Kier molecular flexibility index (Phi) is 6.37. The molecule has 41 heavy (non-hydrogen) atoms. The summed E-state index contributed by atoms with van der Waals surface area (Å²) in [5.41, 5.74) is 1.26. The van der Waals surface area contributed by atoms with Crippen molar-refractivity contribution in [3.05, 3.63) is 58.6 Å². The molecule has 6 rings (SSSR count). The quantitative estimate of drug-likeness (QED) is 0.309. The maximum Gasteiger partial charge on any atom is 0.253 e. The van der Waals surface area contributed by atoms with E-state index in [1.54, 1.807) is 24.3 Å². The maximum atomic E-state index is 14.0. The summed E-state index contributed by atoms with van der Waals surface area (Å²) < 4.78 is 11.2. The molecule has 3 fully saturated rings. The second kappa shape index (κ2) is 9.37. The number of phenolic OH excluding ortho intramolecular Hbond substituents is 1. The number of aromatic hydroxyl groups is 1. The number of hydrogen-bond donors (Lipinski definition) is 1. The Bertz CT molecular complexity index is 1530. The minimum atomic E-state index is -2.02. The van der Waals surface area contributed by atoms with Crippen LogP contribution >= 0.6 is 34.8 Å². The Morgan fingerprint density at radius 3 is 2.12 bits per heavy atom. The van der Waals surface area contributed by atoms with E-state index in [0.29, 0.717) is 21.8 Å². The second-order valence-corrected chi connectivity index (χ2v) is 12.4. The number of rotatable bonds is 4. The first-order valence-electron chi connectivity index (χ1n) is 12.9. The third-order valence-electron chi connectivity index (χ3n) is 8.92. The molecule has 214 valence electrons. The van der Waals surface area contributed by atoms with Gasteiger partial charge in [-0.2, -0.15) is 0 Å². The number of anilines is 1. The van der Waals surface area contributed by atoms with E-state index in [2.05, 4.69) is 0 Å². The Balaban J connectivity index is 1.57. The predicted molar refractivity (Wildman–Crippen MR) is 151 cm³/mol. The first-order valence-corrected chi connectivity index (χ1v) is 14.0. The molecule has 2 aromatic carbocycles. The Morgan fingerprint density at radius 1 is 0.927 bits per heavy atom. The van der Waals surface area contributed by atoms with Crippen molar-refractivity contribution in [2.75, 3.05) is 26.2 Å². The summed E-state index contributed by atoms with van der Waals surface area (Å²) in [6.07, 6.45) is 1.87. The summed E-state index contributed by atoms with van der Waals surface area (Å²) >= 11 is 20.5. The number of allylic oxidation sites excluding steroid dienone is 2. The van der Waals surface area contributed by atoms with E-state index in [1.807, 2.05) is 6.08 Å². The van der Waals surface area contributed by atoms with Crippen molar-refractivity contribution in [1.82, 2.24) is 4.90 Å². The maximum absolute atomic E-state index is 14.0. The van der Waals surface area contributed by atoms with Gasteiger partial charge in [-0.3, -0.25) is 29.0 Å². The Morgan fingerprint density at radius 2 is 1.54 bits per heavy atom. The third-order valence-corrected chi connectivity index (χ3v) is 10.6. The normalized spacial score (nSPS) is 32.5. The number of halogens is 3. The standard InChI is InChI=1S/C29H25Cl3N2O7/c1-33-26(38)28(31)12-18-16(8-9-17-21(18)25(37)34(24(17)36)14-6-4-13(30)5-7-14)23(29(28,32)27(33)39)22-19(40-2)10-15(35)11-20(22)41-3/h4-8,10-11,17-18,21,23,35H,9,12H2,1-3H3/t17-,18+,21-,23+,28+,29-/m0/s1. The van der Waals surface area contributed by atoms with Crippen molar-refractivity contribution >= 4 is 64.1 Å². The monoisotopic (exact) mass is 618 g/mol. The number of phenols is 1. The number of benzene rings is 2. The zero-order valence-electron chi connectivity index (χ0n) is 22.2. The smallest absolute Gasteiger partial charge is 0.253 e. The average molecular weight is 620 g/mol. The van der Waals surface area contributed by atoms with Crippen molar-refractivity contribution in [2.24, 2.45) is 17.8 Å². The van der Waals surface area contributed by atoms with Crippen LogP contribution in [0.2, 0.25) is 5.02 Å². The van der Waals surface area contributed by atoms with Crippen LogP contribution in [0.5, 0.6) is 17.2 Å². The van der Waals surface area contributed by atoms with E-state index >= 15 is 0 Å². The van der Waals surface area contributed by atoms with Gasteiger partial charge in [-0.05, 0) is 43.0 Å². The van der Waals surface area contributed by atoms with E-state index < -0.39 is 51.1 Å². The lowest BCUT2D eigenvalue weighted by Crippen LogP contribution is -2.60. The molecule has 2 aliphatic carbocycles. The molecule has 12 heteroatoms. The molecule has 0 spiro atoms. The van der Waals surface area contributed by atoms with Gasteiger partial charge in [0.05, 0.1) is 31.7 Å². The summed E-state index contributed by atoms with van der Waals surface area (Å²) in [6, 6.07) is 9.08. The zero-order chi connectivity index (χ0) is 29.6. The van der Waals surface area contributed by atoms with E-state index in [9.17, 15) is 24.3 Å². The predicted octanol–water partition coefficient (Wildman–Crippen LogP) is 4.26. The molecule has 0 bridgehead atoms. The molecule has 9 nitrogen and oxygen atoms in total. The number of carbonyl (C=O) groups excluding carboxylic acids is 4. The third kappa shape index (κ3) is 3.55. The van der Waals surface area contributed by atoms with Gasteiger partial charge in [0.25, 0.3) is 11.8 Å². The SMILES string of the molecule is COc1cc(O)cc(OC)c1[C@H]1C2=CC[C@@H]3C(=O)N(c4ccc(Cl)cc4)C(=O)[C@@H]3[C@@H]2C[C@@]2(Cl)C(=O)N(C)C(=O)[C@@]12Cl. The fourth-order valence-corrected chi connectivity index (χ4v) is 8.24. The molecule has 6 atom stereocenters. The fourth-order valence-electron chi connectivity index (χ4n) is 7.12. The van der Waals surface area contributed by atoms with Crippen LogP contribution in [0.25, 0.3) is 0 Å². The number of hydrogen-bond acceptors (Lipinski definition) is 7. The van der Waals surface area contributed by atoms with Gasteiger partial charge in [-0.1, -0.05) is 23.3 Å². The lowest BCUT2D eigenvalue weighted by molar-refractivity contribution is -0.138. The van der Waals surface area contributed by atoms with Crippen LogP contribution in [0, 0.1) is 17.8 Å². The van der Waals surface area contributed by atoms with Crippen LogP contribution in [0.4, 0.5) is 5.69 Å². The largest absolute Gasteiger partial charge is 0.508 e. The average Bonchev–Trinajstić information content (AvgIpc) is 3.28. The number of imide groups is 2. The van der Waals surface area contributed by atoms with Crippen LogP contribution in [-0.4, -0.2) is 64.7 Å². The molecule has 1 N–H and O–H groups in total.